The van der Waals surface area contributed by atoms with Gasteiger partial charge in [0.05, 0.1) is 23.2 Å². The quantitative estimate of drug-likeness (QED) is 0.510. The number of nitrogens with one attached hydrogen (secondary N) is 1. The number of amides is 1. The maximum absolute atomic E-state index is 12.4. The molecule has 1 amide bonds. The number of aromatic nitrogens is 3. The molecular formula is C22H24N4O4. The number of methoxy groups -OCH3 is 1. The maximum Gasteiger partial charge on any atom is 0.328 e. The second-order valence-electron chi connectivity index (χ2n) is 7.13. The van der Waals surface area contributed by atoms with Crippen molar-refractivity contribution in [3.63, 3.8) is 0 Å². The Bertz CT molecular complexity index is 1280. The van der Waals surface area contributed by atoms with Crippen LogP contribution in [0.1, 0.15) is 0 Å². The number of benzene rings is 2. The highest BCUT2D eigenvalue weighted by Gasteiger charge is 2.11. The standard InChI is InChI=1S/C22H24N4O4/c1-24-18-8-7-15(13-19(18)25(2)22(24)28)23-21(27)14-30-20-6-4-5-17-16(20)9-10-26(17)11-12-29-3/h4-10,13H,11-12,14H2,1-3H3,(H,23,27). The van der Waals surface area contributed by atoms with Crippen LogP contribution < -0.4 is 15.7 Å². The summed E-state index contributed by atoms with van der Waals surface area (Å²) < 4.78 is 16.1. The van der Waals surface area contributed by atoms with Gasteiger partial charge in [-0.15, -0.1) is 0 Å². The van der Waals surface area contributed by atoms with Crippen LogP contribution in [0, 0.1) is 0 Å². The summed E-state index contributed by atoms with van der Waals surface area (Å²) in [6, 6.07) is 13.1. The van der Waals surface area contributed by atoms with Gasteiger partial charge in [0.2, 0.25) is 0 Å². The van der Waals surface area contributed by atoms with E-state index in [2.05, 4.69) is 9.88 Å². The molecule has 0 bridgehead atoms. The summed E-state index contributed by atoms with van der Waals surface area (Å²) >= 11 is 0. The largest absolute Gasteiger partial charge is 0.483 e. The zero-order valence-electron chi connectivity index (χ0n) is 17.2. The Kier molecular flexibility index (Phi) is 5.33. The number of ether oxygens (including phenoxy) is 2. The average molecular weight is 408 g/mol. The van der Waals surface area contributed by atoms with Crippen molar-refractivity contribution in [3.8, 4) is 5.75 Å². The van der Waals surface area contributed by atoms with E-state index in [4.69, 9.17) is 9.47 Å². The Balaban J connectivity index is 1.46. The number of carbonyl (C=O) groups excluding carboxylic acids is 1. The molecule has 2 heterocycles. The van der Waals surface area contributed by atoms with Gasteiger partial charge in [-0.3, -0.25) is 13.9 Å². The smallest absolute Gasteiger partial charge is 0.328 e. The van der Waals surface area contributed by atoms with E-state index in [1.165, 1.54) is 0 Å². The van der Waals surface area contributed by atoms with Crippen molar-refractivity contribution in [3.05, 3.63) is 59.1 Å². The number of hydrogen-bond acceptors (Lipinski definition) is 4. The van der Waals surface area contributed by atoms with Crippen molar-refractivity contribution >= 4 is 33.5 Å². The highest BCUT2D eigenvalue weighted by atomic mass is 16.5. The number of carbonyl (C=O) groups is 1. The molecule has 0 unspecified atom stereocenters. The van der Waals surface area contributed by atoms with Crippen LogP contribution in [0.2, 0.25) is 0 Å². The van der Waals surface area contributed by atoms with Gasteiger partial charge in [-0.05, 0) is 36.4 Å². The van der Waals surface area contributed by atoms with Gasteiger partial charge in [-0.2, -0.15) is 0 Å². The number of hydrogen-bond donors (Lipinski definition) is 1. The second-order valence-corrected chi connectivity index (χ2v) is 7.13. The first-order valence-electron chi connectivity index (χ1n) is 9.64. The summed E-state index contributed by atoms with van der Waals surface area (Å²) in [5, 5.41) is 3.78. The minimum Gasteiger partial charge on any atom is -0.483 e. The first kappa shape index (κ1) is 19.8. The summed E-state index contributed by atoms with van der Waals surface area (Å²) in [7, 11) is 5.10. The van der Waals surface area contributed by atoms with E-state index in [1.54, 1.807) is 42.5 Å². The molecule has 30 heavy (non-hydrogen) atoms. The third-order valence-electron chi connectivity index (χ3n) is 5.22. The second kappa shape index (κ2) is 8.08. The molecule has 1 N–H and O–H groups in total. The molecule has 0 aliphatic heterocycles. The van der Waals surface area contributed by atoms with Crippen molar-refractivity contribution in [2.24, 2.45) is 14.1 Å². The van der Waals surface area contributed by atoms with Crippen LogP contribution in [-0.2, 0) is 30.2 Å². The predicted octanol–water partition coefficient (Wildman–Crippen LogP) is 2.50. The summed E-state index contributed by atoms with van der Waals surface area (Å²) in [6.45, 7) is 1.25. The molecule has 156 valence electrons. The fourth-order valence-corrected chi connectivity index (χ4v) is 3.63. The van der Waals surface area contributed by atoms with Gasteiger partial charge >= 0.3 is 5.69 Å². The highest BCUT2D eigenvalue weighted by Crippen LogP contribution is 2.26. The SMILES string of the molecule is COCCn1ccc2c(OCC(=O)Nc3ccc4c(c3)n(C)c(=O)n4C)cccc21. The molecule has 2 aromatic heterocycles. The number of fused-ring (bicyclic) bond motifs is 2. The van der Waals surface area contributed by atoms with Crippen LogP contribution in [-0.4, -0.2) is 39.9 Å². The number of imidazole rings is 1. The molecule has 0 aliphatic rings. The van der Waals surface area contributed by atoms with E-state index >= 15 is 0 Å². The molecular weight excluding hydrogens is 384 g/mol. The maximum atomic E-state index is 12.4. The monoisotopic (exact) mass is 408 g/mol. The topological polar surface area (TPSA) is 79.4 Å². The lowest BCUT2D eigenvalue weighted by atomic mass is 10.2. The minimum atomic E-state index is -0.272. The summed E-state index contributed by atoms with van der Waals surface area (Å²) in [5.74, 6) is 0.380. The molecule has 4 aromatic rings. The molecule has 8 heteroatoms. The fraction of sp³-hybridized carbons (Fsp3) is 0.273. The zero-order chi connectivity index (χ0) is 21.3. The lowest BCUT2D eigenvalue weighted by Gasteiger charge is -2.10. The van der Waals surface area contributed by atoms with Crippen LogP contribution in [0.3, 0.4) is 0 Å². The number of anilines is 1. The number of rotatable bonds is 7. The van der Waals surface area contributed by atoms with Gasteiger partial charge in [0, 0.05) is 45.0 Å². The van der Waals surface area contributed by atoms with Crippen molar-refractivity contribution in [1.29, 1.82) is 0 Å². The fourth-order valence-electron chi connectivity index (χ4n) is 3.63. The van der Waals surface area contributed by atoms with Crippen molar-refractivity contribution in [2.45, 2.75) is 6.54 Å². The molecule has 0 saturated carbocycles. The molecule has 2 aromatic carbocycles. The van der Waals surface area contributed by atoms with Gasteiger partial charge in [0.25, 0.3) is 5.91 Å². The Labute approximate surface area is 173 Å². The first-order chi connectivity index (χ1) is 14.5. The molecule has 0 atom stereocenters. The Morgan fingerprint density at radius 3 is 2.63 bits per heavy atom. The Morgan fingerprint density at radius 1 is 1.03 bits per heavy atom. The Hall–Kier alpha value is -3.52. The first-order valence-corrected chi connectivity index (χ1v) is 9.64. The molecule has 0 spiro atoms. The van der Waals surface area contributed by atoms with Crippen molar-refractivity contribution < 1.29 is 14.3 Å². The van der Waals surface area contributed by atoms with Crippen LogP contribution in [0.4, 0.5) is 5.69 Å². The molecule has 8 nitrogen and oxygen atoms in total. The third kappa shape index (κ3) is 3.57. The Morgan fingerprint density at radius 2 is 1.83 bits per heavy atom. The minimum absolute atomic E-state index is 0.109. The van der Waals surface area contributed by atoms with Crippen LogP contribution >= 0.6 is 0 Å². The van der Waals surface area contributed by atoms with Crippen LogP contribution in [0.5, 0.6) is 5.75 Å². The van der Waals surface area contributed by atoms with E-state index in [1.807, 2.05) is 36.5 Å². The van der Waals surface area contributed by atoms with Crippen LogP contribution in [0.25, 0.3) is 21.9 Å². The van der Waals surface area contributed by atoms with Crippen molar-refractivity contribution in [2.75, 3.05) is 25.6 Å². The van der Waals surface area contributed by atoms with Gasteiger partial charge in [-0.1, -0.05) is 6.07 Å². The average Bonchev–Trinajstić information content (AvgIpc) is 3.26. The van der Waals surface area contributed by atoms with Gasteiger partial charge in [0.15, 0.2) is 6.61 Å². The lowest BCUT2D eigenvalue weighted by Crippen LogP contribution is -2.20. The van der Waals surface area contributed by atoms with E-state index in [-0.39, 0.29) is 18.2 Å². The van der Waals surface area contributed by atoms with Crippen LogP contribution in [0.15, 0.2) is 53.5 Å². The molecule has 0 radical (unpaired) electrons. The summed E-state index contributed by atoms with van der Waals surface area (Å²) in [5.41, 5.74) is 3.09. The molecule has 0 aliphatic carbocycles. The number of nitrogens with zero attached hydrogens (tertiary/aromatic N) is 3. The highest BCUT2D eigenvalue weighted by molar-refractivity contribution is 5.94. The number of aryl methyl sites for hydroxylation is 2. The van der Waals surface area contributed by atoms with E-state index in [0.29, 0.717) is 18.0 Å². The lowest BCUT2D eigenvalue weighted by molar-refractivity contribution is -0.118. The van der Waals surface area contributed by atoms with Gasteiger partial charge < -0.3 is 19.4 Å². The van der Waals surface area contributed by atoms with E-state index < -0.39 is 0 Å². The zero-order valence-corrected chi connectivity index (χ0v) is 17.2. The van der Waals surface area contributed by atoms with Gasteiger partial charge in [-0.25, -0.2) is 4.79 Å². The molecule has 0 saturated heterocycles. The summed E-state index contributed by atoms with van der Waals surface area (Å²) in [4.78, 5) is 24.5. The molecule has 0 fully saturated rings. The third-order valence-corrected chi connectivity index (χ3v) is 5.22. The normalized spacial score (nSPS) is 11.3. The predicted molar refractivity (Wildman–Crippen MR) is 116 cm³/mol. The van der Waals surface area contributed by atoms with E-state index in [0.717, 1.165) is 28.5 Å². The summed E-state index contributed by atoms with van der Waals surface area (Å²) in [6.07, 6.45) is 1.98. The van der Waals surface area contributed by atoms with Crippen molar-refractivity contribution in [1.82, 2.24) is 13.7 Å². The van der Waals surface area contributed by atoms with Gasteiger partial charge in [0.1, 0.15) is 5.75 Å². The van der Waals surface area contributed by atoms with E-state index in [9.17, 15) is 9.59 Å². The molecule has 4 rings (SSSR count).